The summed E-state index contributed by atoms with van der Waals surface area (Å²) < 4.78 is 10.7. The van der Waals surface area contributed by atoms with Gasteiger partial charge in [0.25, 0.3) is 0 Å². The molecule has 1 fully saturated rings. The maximum absolute atomic E-state index is 11.3. The lowest BCUT2D eigenvalue weighted by Crippen LogP contribution is -2.46. The van der Waals surface area contributed by atoms with Crippen molar-refractivity contribution in [3.05, 3.63) is 48.5 Å². The summed E-state index contributed by atoms with van der Waals surface area (Å²) >= 11 is 0. The number of benzene rings is 2. The Morgan fingerprint density at radius 3 is 2.33 bits per heavy atom. The number of amides is 1. The van der Waals surface area contributed by atoms with E-state index in [0.717, 1.165) is 43.3 Å². The van der Waals surface area contributed by atoms with Gasteiger partial charge in [0.05, 0.1) is 19.9 Å². The third-order valence-corrected chi connectivity index (χ3v) is 5.32. The van der Waals surface area contributed by atoms with E-state index in [-0.39, 0.29) is 0 Å². The zero-order chi connectivity index (χ0) is 20.9. The van der Waals surface area contributed by atoms with Crippen molar-refractivity contribution in [1.82, 2.24) is 10.2 Å². The summed E-state index contributed by atoms with van der Waals surface area (Å²) in [4.78, 5) is 15.9. The van der Waals surface area contributed by atoms with Crippen molar-refractivity contribution in [2.75, 3.05) is 55.5 Å². The van der Waals surface area contributed by atoms with E-state index in [1.54, 1.807) is 14.2 Å². The Bertz CT molecular complexity index is 997. The predicted molar refractivity (Wildman–Crippen MR) is 118 cm³/mol. The summed E-state index contributed by atoms with van der Waals surface area (Å²) in [6.45, 7) is 3.36. The number of nitrogens with zero attached hydrogens (tertiary/aromatic N) is 3. The van der Waals surface area contributed by atoms with Crippen LogP contribution in [0.1, 0.15) is 0 Å². The lowest BCUT2D eigenvalue weighted by atomic mass is 10.1. The largest absolute Gasteiger partial charge is 0.493 e. The van der Waals surface area contributed by atoms with Crippen LogP contribution in [0.2, 0.25) is 0 Å². The number of hydrogen-bond acceptors (Lipinski definition) is 6. The van der Waals surface area contributed by atoms with Gasteiger partial charge in [-0.1, -0.05) is 18.2 Å². The first-order valence-corrected chi connectivity index (χ1v) is 9.81. The molecule has 0 saturated carbocycles. The molecule has 1 aromatic heterocycles. The van der Waals surface area contributed by atoms with Crippen molar-refractivity contribution < 1.29 is 14.3 Å². The Balaban J connectivity index is 1.58. The standard InChI is InChI=1S/C22H25N5O3/c1-29-18-9-8-16(14-19(18)30-2)20-21(23-15-28)22(25-24-20)27-12-10-26(11-13-27)17-6-4-3-5-7-17/h3-9,14-15H,10-13H2,1-2H3,(H,23,28)(H,24,25). The molecule has 1 saturated heterocycles. The molecule has 0 aliphatic carbocycles. The molecule has 0 radical (unpaired) electrons. The molecule has 2 aromatic carbocycles. The first-order chi connectivity index (χ1) is 14.7. The lowest BCUT2D eigenvalue weighted by molar-refractivity contribution is -0.105. The second-order valence-corrected chi connectivity index (χ2v) is 6.94. The van der Waals surface area contributed by atoms with Crippen LogP contribution in [0.25, 0.3) is 11.3 Å². The van der Waals surface area contributed by atoms with E-state index < -0.39 is 0 Å². The van der Waals surface area contributed by atoms with Gasteiger partial charge < -0.3 is 24.6 Å². The molecule has 8 heteroatoms. The maximum atomic E-state index is 11.3. The molecule has 0 unspecified atom stereocenters. The molecule has 0 bridgehead atoms. The first-order valence-electron chi connectivity index (χ1n) is 9.81. The fourth-order valence-electron chi connectivity index (χ4n) is 3.77. The first kappa shape index (κ1) is 19.6. The zero-order valence-electron chi connectivity index (χ0n) is 17.1. The molecule has 1 aliphatic heterocycles. The molecule has 8 nitrogen and oxygen atoms in total. The van der Waals surface area contributed by atoms with Gasteiger partial charge in [0.15, 0.2) is 17.3 Å². The summed E-state index contributed by atoms with van der Waals surface area (Å²) in [6, 6.07) is 16.0. The Hall–Kier alpha value is -3.68. The van der Waals surface area contributed by atoms with Crippen LogP contribution in [-0.4, -0.2) is 57.0 Å². The monoisotopic (exact) mass is 407 g/mol. The normalized spacial score (nSPS) is 13.8. The number of methoxy groups -OCH3 is 2. The van der Waals surface area contributed by atoms with Gasteiger partial charge >= 0.3 is 0 Å². The smallest absolute Gasteiger partial charge is 0.211 e. The summed E-state index contributed by atoms with van der Waals surface area (Å²) in [5.74, 6) is 1.99. The summed E-state index contributed by atoms with van der Waals surface area (Å²) in [5.41, 5.74) is 3.45. The third-order valence-electron chi connectivity index (χ3n) is 5.32. The average Bonchev–Trinajstić information content (AvgIpc) is 3.23. The predicted octanol–water partition coefficient (Wildman–Crippen LogP) is 2.99. The minimum atomic E-state index is 0.611. The van der Waals surface area contributed by atoms with E-state index in [4.69, 9.17) is 9.47 Å². The van der Waals surface area contributed by atoms with Crippen molar-refractivity contribution in [2.45, 2.75) is 0 Å². The van der Waals surface area contributed by atoms with Gasteiger partial charge in [0.2, 0.25) is 6.41 Å². The van der Waals surface area contributed by atoms with Crippen LogP contribution in [0.5, 0.6) is 11.5 Å². The molecule has 2 N–H and O–H groups in total. The second-order valence-electron chi connectivity index (χ2n) is 6.94. The Kier molecular flexibility index (Phi) is 5.74. The SMILES string of the molecule is COc1ccc(-c2[nH]nc(N3CCN(c4ccccc4)CC3)c2NC=O)cc1OC. The highest BCUT2D eigenvalue weighted by Gasteiger charge is 2.24. The molecule has 3 aromatic rings. The fraction of sp³-hybridized carbons (Fsp3) is 0.273. The van der Waals surface area contributed by atoms with Gasteiger partial charge in [-0.2, -0.15) is 5.10 Å². The van der Waals surface area contributed by atoms with Gasteiger partial charge in [-0.3, -0.25) is 9.89 Å². The molecule has 4 rings (SSSR count). The quantitative estimate of drug-likeness (QED) is 0.586. The van der Waals surface area contributed by atoms with Gasteiger partial charge in [0, 0.05) is 37.4 Å². The molecule has 1 aliphatic rings. The highest BCUT2D eigenvalue weighted by atomic mass is 16.5. The van der Waals surface area contributed by atoms with Crippen molar-refractivity contribution in [2.24, 2.45) is 0 Å². The number of para-hydroxylation sites is 1. The summed E-state index contributed by atoms with van der Waals surface area (Å²) in [7, 11) is 3.19. The number of H-pyrrole nitrogens is 1. The maximum Gasteiger partial charge on any atom is 0.211 e. The average molecular weight is 407 g/mol. The Morgan fingerprint density at radius 1 is 0.967 bits per heavy atom. The zero-order valence-corrected chi connectivity index (χ0v) is 17.1. The van der Waals surface area contributed by atoms with Crippen LogP contribution in [0, 0.1) is 0 Å². The van der Waals surface area contributed by atoms with E-state index in [9.17, 15) is 4.79 Å². The number of nitrogens with one attached hydrogen (secondary N) is 2. The molecule has 2 heterocycles. The minimum Gasteiger partial charge on any atom is -0.493 e. The Labute approximate surface area is 175 Å². The number of rotatable bonds is 7. The van der Waals surface area contributed by atoms with Gasteiger partial charge in [-0.25, -0.2) is 0 Å². The van der Waals surface area contributed by atoms with Crippen molar-refractivity contribution in [3.8, 4) is 22.8 Å². The minimum absolute atomic E-state index is 0.611. The van der Waals surface area contributed by atoms with E-state index in [1.807, 2.05) is 24.3 Å². The van der Waals surface area contributed by atoms with Crippen molar-refractivity contribution >= 4 is 23.6 Å². The number of aromatic amines is 1. The summed E-state index contributed by atoms with van der Waals surface area (Å²) in [5, 5.41) is 10.4. The second kappa shape index (κ2) is 8.77. The van der Waals surface area contributed by atoms with Gasteiger partial charge in [-0.15, -0.1) is 0 Å². The summed E-state index contributed by atoms with van der Waals surface area (Å²) in [6.07, 6.45) is 0.679. The van der Waals surface area contributed by atoms with E-state index in [1.165, 1.54) is 5.69 Å². The molecule has 0 spiro atoms. The number of anilines is 3. The van der Waals surface area contributed by atoms with Crippen LogP contribution in [-0.2, 0) is 4.79 Å². The van der Waals surface area contributed by atoms with Crippen molar-refractivity contribution in [3.63, 3.8) is 0 Å². The lowest BCUT2D eigenvalue weighted by Gasteiger charge is -2.36. The number of carbonyl (C=O) groups excluding carboxylic acids is 1. The molecule has 156 valence electrons. The molecule has 30 heavy (non-hydrogen) atoms. The molecule has 0 atom stereocenters. The van der Waals surface area contributed by atoms with E-state index in [0.29, 0.717) is 23.6 Å². The van der Waals surface area contributed by atoms with Gasteiger partial charge in [0.1, 0.15) is 5.69 Å². The number of ether oxygens (including phenoxy) is 2. The van der Waals surface area contributed by atoms with Crippen LogP contribution in [0.15, 0.2) is 48.5 Å². The van der Waals surface area contributed by atoms with Gasteiger partial charge in [-0.05, 0) is 30.3 Å². The molecular formula is C22H25N5O3. The van der Waals surface area contributed by atoms with Crippen LogP contribution < -0.4 is 24.6 Å². The number of piperazine rings is 1. The van der Waals surface area contributed by atoms with E-state index >= 15 is 0 Å². The van der Waals surface area contributed by atoms with E-state index in [2.05, 4.69) is 49.6 Å². The third kappa shape index (κ3) is 3.76. The highest BCUT2D eigenvalue weighted by Crippen LogP contribution is 2.38. The number of aromatic nitrogens is 2. The number of hydrogen-bond donors (Lipinski definition) is 2. The Morgan fingerprint density at radius 2 is 1.67 bits per heavy atom. The van der Waals surface area contributed by atoms with Crippen LogP contribution >= 0.6 is 0 Å². The highest BCUT2D eigenvalue weighted by molar-refractivity contribution is 5.91. The topological polar surface area (TPSA) is 82.7 Å². The van der Waals surface area contributed by atoms with Crippen LogP contribution in [0.4, 0.5) is 17.2 Å². The fourth-order valence-corrected chi connectivity index (χ4v) is 3.77. The number of carbonyl (C=O) groups is 1. The molecular weight excluding hydrogens is 382 g/mol. The van der Waals surface area contributed by atoms with Crippen LogP contribution in [0.3, 0.4) is 0 Å². The molecule has 1 amide bonds. The van der Waals surface area contributed by atoms with Crippen molar-refractivity contribution in [1.29, 1.82) is 0 Å².